The van der Waals surface area contributed by atoms with E-state index in [1.165, 1.54) is 6.07 Å². The summed E-state index contributed by atoms with van der Waals surface area (Å²) in [5.74, 6) is -0.964. The van der Waals surface area contributed by atoms with Crippen LogP contribution in [-0.4, -0.2) is 23.6 Å². The number of hydrogen-bond acceptors (Lipinski definition) is 4. The number of anilines is 1. The van der Waals surface area contributed by atoms with E-state index in [2.05, 4.69) is 5.32 Å². The minimum Gasteiger partial charge on any atom is -0.483 e. The highest BCUT2D eigenvalue weighted by Gasteiger charge is 2.06. The summed E-state index contributed by atoms with van der Waals surface area (Å²) in [6, 6.07) is 13.8. The molecule has 1 amide bonds. The van der Waals surface area contributed by atoms with E-state index >= 15 is 0 Å². The fraction of sp³-hybridized carbons (Fsp3) is 0.125. The first kappa shape index (κ1) is 15.4. The number of nitrogens with two attached hydrogens (primary N) is 1. The number of amides is 1. The summed E-state index contributed by atoms with van der Waals surface area (Å²) in [6.07, 6.45) is 0. The summed E-state index contributed by atoms with van der Waals surface area (Å²) < 4.78 is 5.34. The van der Waals surface area contributed by atoms with Crippen LogP contribution in [0.25, 0.3) is 0 Å². The van der Waals surface area contributed by atoms with Gasteiger partial charge in [0.2, 0.25) is 0 Å². The second kappa shape index (κ2) is 7.12. The van der Waals surface area contributed by atoms with Gasteiger partial charge in [0.25, 0.3) is 5.91 Å². The number of carboxylic acids is 1. The highest BCUT2D eigenvalue weighted by Crippen LogP contribution is 2.20. The van der Waals surface area contributed by atoms with Crippen molar-refractivity contribution >= 4 is 17.6 Å². The molecule has 0 unspecified atom stereocenters. The smallest absolute Gasteiger partial charge is 0.335 e. The van der Waals surface area contributed by atoms with Crippen molar-refractivity contribution in [2.75, 3.05) is 11.9 Å². The molecule has 2 aromatic rings. The maximum absolute atomic E-state index is 10.9. The third kappa shape index (κ3) is 4.24. The van der Waals surface area contributed by atoms with E-state index < -0.39 is 11.9 Å². The lowest BCUT2D eigenvalue weighted by Crippen LogP contribution is -2.20. The number of benzene rings is 2. The Kier molecular flexibility index (Phi) is 4.98. The van der Waals surface area contributed by atoms with Crippen LogP contribution in [0.15, 0.2) is 48.5 Å². The van der Waals surface area contributed by atoms with Crippen LogP contribution in [0.3, 0.4) is 0 Å². The number of aromatic carboxylic acids is 1. The Bertz CT molecular complexity index is 685. The predicted molar refractivity (Wildman–Crippen MR) is 81.9 cm³/mol. The summed E-state index contributed by atoms with van der Waals surface area (Å²) >= 11 is 0. The van der Waals surface area contributed by atoms with Crippen molar-refractivity contribution in [2.45, 2.75) is 6.54 Å². The molecule has 0 atom stereocenters. The van der Waals surface area contributed by atoms with Gasteiger partial charge in [-0.1, -0.05) is 24.3 Å². The van der Waals surface area contributed by atoms with E-state index in [0.717, 1.165) is 5.56 Å². The molecule has 4 N–H and O–H groups in total. The zero-order valence-corrected chi connectivity index (χ0v) is 11.8. The Labute approximate surface area is 127 Å². The van der Waals surface area contributed by atoms with Crippen molar-refractivity contribution in [1.82, 2.24) is 0 Å². The first-order chi connectivity index (χ1) is 10.6. The van der Waals surface area contributed by atoms with Crippen molar-refractivity contribution in [3.8, 4) is 5.75 Å². The monoisotopic (exact) mass is 300 g/mol. The number of primary amides is 1. The second-order valence-corrected chi connectivity index (χ2v) is 4.60. The largest absolute Gasteiger partial charge is 0.483 e. The molecule has 0 aliphatic rings. The highest BCUT2D eigenvalue weighted by molar-refractivity contribution is 5.88. The van der Waals surface area contributed by atoms with E-state index in [1.807, 2.05) is 12.1 Å². The van der Waals surface area contributed by atoms with Gasteiger partial charge in [0.1, 0.15) is 5.75 Å². The van der Waals surface area contributed by atoms with E-state index in [-0.39, 0.29) is 12.2 Å². The van der Waals surface area contributed by atoms with Crippen molar-refractivity contribution in [3.05, 3.63) is 59.7 Å². The first-order valence-electron chi connectivity index (χ1n) is 6.62. The highest BCUT2D eigenvalue weighted by atomic mass is 16.5. The van der Waals surface area contributed by atoms with E-state index in [9.17, 15) is 9.59 Å². The molecule has 0 heterocycles. The standard InChI is InChI=1S/C16H16N2O4/c17-15(19)10-22-14-7-2-1-4-12(14)9-18-13-6-3-5-11(8-13)16(20)21/h1-8,18H,9-10H2,(H2,17,19)(H,20,21). The lowest BCUT2D eigenvalue weighted by molar-refractivity contribution is -0.119. The van der Waals surface area contributed by atoms with Crippen LogP contribution >= 0.6 is 0 Å². The predicted octanol–water partition coefficient (Wildman–Crippen LogP) is 1.86. The Morgan fingerprint density at radius 2 is 1.91 bits per heavy atom. The Balaban J connectivity index is 2.06. The number of para-hydroxylation sites is 1. The van der Waals surface area contributed by atoms with Crippen molar-refractivity contribution in [1.29, 1.82) is 0 Å². The average Bonchev–Trinajstić information content (AvgIpc) is 2.52. The Morgan fingerprint density at radius 1 is 1.14 bits per heavy atom. The summed E-state index contributed by atoms with van der Waals surface area (Å²) in [5, 5.41) is 12.1. The number of nitrogens with one attached hydrogen (secondary N) is 1. The molecule has 0 aromatic heterocycles. The van der Waals surface area contributed by atoms with Crippen LogP contribution in [-0.2, 0) is 11.3 Å². The van der Waals surface area contributed by atoms with Crippen LogP contribution in [0.4, 0.5) is 5.69 Å². The number of carbonyl (C=O) groups is 2. The molecule has 0 saturated heterocycles. The van der Waals surface area contributed by atoms with Gasteiger partial charge in [0.15, 0.2) is 6.61 Å². The van der Waals surface area contributed by atoms with Gasteiger partial charge >= 0.3 is 5.97 Å². The van der Waals surface area contributed by atoms with Gasteiger partial charge in [-0.15, -0.1) is 0 Å². The van der Waals surface area contributed by atoms with Gasteiger partial charge in [0.05, 0.1) is 5.56 Å². The second-order valence-electron chi connectivity index (χ2n) is 4.60. The number of carbonyl (C=O) groups excluding carboxylic acids is 1. The third-order valence-electron chi connectivity index (χ3n) is 2.94. The number of carboxylic acid groups (broad SMARTS) is 1. The van der Waals surface area contributed by atoms with E-state index in [1.54, 1.807) is 30.3 Å². The molecule has 114 valence electrons. The zero-order valence-electron chi connectivity index (χ0n) is 11.8. The molecule has 22 heavy (non-hydrogen) atoms. The number of hydrogen-bond donors (Lipinski definition) is 3. The molecule has 0 radical (unpaired) electrons. The molecule has 0 bridgehead atoms. The quantitative estimate of drug-likeness (QED) is 0.724. The molecular weight excluding hydrogens is 284 g/mol. The maximum Gasteiger partial charge on any atom is 0.335 e. The molecule has 0 fully saturated rings. The number of rotatable bonds is 7. The van der Waals surface area contributed by atoms with Crippen LogP contribution in [0, 0.1) is 0 Å². The SMILES string of the molecule is NC(=O)COc1ccccc1CNc1cccc(C(=O)O)c1. The Hall–Kier alpha value is -3.02. The molecule has 2 rings (SSSR count). The normalized spacial score (nSPS) is 10.0. The summed E-state index contributed by atoms with van der Waals surface area (Å²) in [7, 11) is 0. The number of ether oxygens (including phenoxy) is 1. The average molecular weight is 300 g/mol. The van der Waals surface area contributed by atoms with Crippen LogP contribution in [0.2, 0.25) is 0 Å². The van der Waals surface area contributed by atoms with E-state index in [4.69, 9.17) is 15.6 Å². The van der Waals surface area contributed by atoms with Gasteiger partial charge in [-0.3, -0.25) is 4.79 Å². The molecular formula is C16H16N2O4. The Morgan fingerprint density at radius 3 is 2.64 bits per heavy atom. The lowest BCUT2D eigenvalue weighted by Gasteiger charge is -2.12. The lowest BCUT2D eigenvalue weighted by atomic mass is 10.1. The first-order valence-corrected chi connectivity index (χ1v) is 6.62. The van der Waals surface area contributed by atoms with Gasteiger partial charge in [-0.25, -0.2) is 4.79 Å². The third-order valence-corrected chi connectivity index (χ3v) is 2.94. The van der Waals surface area contributed by atoms with Crippen LogP contribution in [0.5, 0.6) is 5.75 Å². The van der Waals surface area contributed by atoms with E-state index in [0.29, 0.717) is 18.0 Å². The summed E-state index contributed by atoms with van der Waals surface area (Å²) in [6.45, 7) is 0.240. The molecule has 0 saturated carbocycles. The fourth-order valence-electron chi connectivity index (χ4n) is 1.90. The van der Waals surface area contributed by atoms with Crippen molar-refractivity contribution < 1.29 is 19.4 Å². The topological polar surface area (TPSA) is 102 Å². The molecule has 6 nitrogen and oxygen atoms in total. The van der Waals surface area contributed by atoms with Gasteiger partial charge < -0.3 is 20.9 Å². The molecule has 0 spiro atoms. The maximum atomic E-state index is 10.9. The minimum atomic E-state index is -0.978. The summed E-state index contributed by atoms with van der Waals surface area (Å²) in [5.41, 5.74) is 6.80. The molecule has 2 aromatic carbocycles. The van der Waals surface area contributed by atoms with Crippen molar-refractivity contribution in [3.63, 3.8) is 0 Å². The zero-order chi connectivity index (χ0) is 15.9. The molecule has 0 aliphatic heterocycles. The van der Waals surface area contributed by atoms with Gasteiger partial charge in [-0.2, -0.15) is 0 Å². The molecule has 6 heteroatoms. The van der Waals surface area contributed by atoms with Crippen LogP contribution < -0.4 is 15.8 Å². The van der Waals surface area contributed by atoms with Crippen molar-refractivity contribution in [2.24, 2.45) is 5.73 Å². The van der Waals surface area contributed by atoms with Gasteiger partial charge in [-0.05, 0) is 24.3 Å². The fourth-order valence-corrected chi connectivity index (χ4v) is 1.90. The summed E-state index contributed by atoms with van der Waals surface area (Å²) in [4.78, 5) is 21.7. The van der Waals surface area contributed by atoms with Gasteiger partial charge in [0, 0.05) is 17.8 Å². The van der Waals surface area contributed by atoms with Crippen LogP contribution in [0.1, 0.15) is 15.9 Å². The molecule has 0 aliphatic carbocycles. The minimum absolute atomic E-state index is 0.189.